The smallest absolute Gasteiger partial charge is 0.138 e. The highest BCUT2D eigenvalue weighted by molar-refractivity contribution is 5.81. The van der Waals surface area contributed by atoms with E-state index in [0.717, 1.165) is 11.8 Å². The molecule has 1 aliphatic heterocycles. The highest BCUT2D eigenvalue weighted by atomic mass is 16.5. The largest absolute Gasteiger partial charge is 0.358 e. The van der Waals surface area contributed by atoms with Gasteiger partial charge in [-0.15, -0.1) is 0 Å². The lowest BCUT2D eigenvalue weighted by molar-refractivity contribution is -0.229. The van der Waals surface area contributed by atoms with Crippen LogP contribution in [0.25, 0.3) is 11.1 Å². The Morgan fingerprint density at radius 3 is 1.86 bits per heavy atom. The molecule has 2 aromatic carbocycles. The van der Waals surface area contributed by atoms with Gasteiger partial charge in [0.15, 0.2) is 0 Å². The van der Waals surface area contributed by atoms with Crippen LogP contribution in [-0.4, -0.2) is 6.10 Å². The van der Waals surface area contributed by atoms with Gasteiger partial charge < -0.3 is 4.74 Å². The highest BCUT2D eigenvalue weighted by Crippen LogP contribution is 2.70. The summed E-state index contributed by atoms with van der Waals surface area (Å²) in [4.78, 5) is 0. The van der Waals surface area contributed by atoms with Crippen LogP contribution in [0.5, 0.6) is 0 Å². The lowest BCUT2D eigenvalue weighted by Crippen LogP contribution is -2.64. The molecule has 6 rings (SSSR count). The van der Waals surface area contributed by atoms with Crippen LogP contribution in [0.2, 0.25) is 0 Å². The average molecular weight is 385 g/mol. The highest BCUT2D eigenvalue weighted by Gasteiger charge is 2.65. The molecule has 2 aromatic rings. The number of benzene rings is 2. The summed E-state index contributed by atoms with van der Waals surface area (Å²) in [6.07, 6.45) is 5.27. The van der Waals surface area contributed by atoms with Gasteiger partial charge in [0.2, 0.25) is 0 Å². The summed E-state index contributed by atoms with van der Waals surface area (Å²) in [7, 11) is 0. The molecule has 4 aliphatic rings. The van der Waals surface area contributed by atoms with E-state index >= 15 is 0 Å². The van der Waals surface area contributed by atoms with E-state index < -0.39 is 5.60 Å². The molecule has 0 saturated heterocycles. The Kier molecular flexibility index (Phi) is 3.36. The van der Waals surface area contributed by atoms with E-state index in [2.05, 4.69) is 89.2 Å². The zero-order valence-corrected chi connectivity index (χ0v) is 18.3. The predicted octanol–water partition coefficient (Wildman–Crippen LogP) is 6.96. The molecule has 1 spiro atoms. The normalized spacial score (nSPS) is 34.3. The summed E-state index contributed by atoms with van der Waals surface area (Å²) in [6.45, 7) is 12.3. The van der Waals surface area contributed by atoms with Gasteiger partial charge in [-0.05, 0) is 59.6 Å². The number of rotatable bonds is 0. The van der Waals surface area contributed by atoms with Crippen molar-refractivity contribution in [2.45, 2.75) is 59.2 Å². The minimum atomic E-state index is -0.408. The molecule has 4 unspecified atom stereocenters. The van der Waals surface area contributed by atoms with Crippen LogP contribution in [0.15, 0.2) is 60.2 Å². The van der Waals surface area contributed by atoms with Crippen LogP contribution in [0, 0.1) is 28.6 Å². The zero-order chi connectivity index (χ0) is 20.2. The van der Waals surface area contributed by atoms with Crippen molar-refractivity contribution in [3.8, 4) is 11.1 Å². The second kappa shape index (κ2) is 5.43. The Balaban J connectivity index is 1.48. The maximum Gasteiger partial charge on any atom is 0.138 e. The molecule has 1 heteroatoms. The fourth-order valence-electron chi connectivity index (χ4n) is 7.44. The number of ether oxygens (including phenoxy) is 1. The van der Waals surface area contributed by atoms with Gasteiger partial charge in [0.25, 0.3) is 0 Å². The van der Waals surface area contributed by atoms with Gasteiger partial charge in [-0.3, -0.25) is 0 Å². The van der Waals surface area contributed by atoms with E-state index in [9.17, 15) is 0 Å². The van der Waals surface area contributed by atoms with Crippen molar-refractivity contribution in [3.05, 3.63) is 71.3 Å². The molecule has 1 nitrogen and oxygen atoms in total. The van der Waals surface area contributed by atoms with Crippen molar-refractivity contribution >= 4 is 0 Å². The van der Waals surface area contributed by atoms with Crippen molar-refractivity contribution in [2.24, 2.45) is 28.6 Å². The molecule has 4 atom stereocenters. The summed E-state index contributed by atoms with van der Waals surface area (Å²) in [6, 6.07) is 17.7. The van der Waals surface area contributed by atoms with Crippen molar-refractivity contribution in [2.75, 3.05) is 0 Å². The molecule has 0 radical (unpaired) electrons. The molecular formula is C28H32O. The van der Waals surface area contributed by atoms with Crippen molar-refractivity contribution in [1.82, 2.24) is 0 Å². The summed E-state index contributed by atoms with van der Waals surface area (Å²) in [5.41, 5.74) is 7.27. The second-order valence-electron chi connectivity index (χ2n) is 11.1. The minimum absolute atomic E-state index is 0.316. The van der Waals surface area contributed by atoms with Gasteiger partial charge in [-0.2, -0.15) is 0 Å². The molecule has 0 amide bonds. The number of hydrogen-bond acceptors (Lipinski definition) is 1. The molecule has 0 aromatic heterocycles. The minimum Gasteiger partial charge on any atom is -0.358 e. The number of fused-ring (bicyclic) bond motifs is 7. The molecule has 0 N–H and O–H groups in total. The van der Waals surface area contributed by atoms with Gasteiger partial charge in [0, 0.05) is 17.0 Å². The third-order valence-corrected chi connectivity index (χ3v) is 9.74. The van der Waals surface area contributed by atoms with Crippen LogP contribution in [0.4, 0.5) is 0 Å². The maximum absolute atomic E-state index is 7.20. The lowest BCUT2D eigenvalue weighted by atomic mass is 9.36. The first kappa shape index (κ1) is 18.0. The molecule has 2 saturated carbocycles. The molecule has 0 bridgehead atoms. The average Bonchev–Trinajstić information content (AvgIpc) is 2.97. The second-order valence-corrected chi connectivity index (χ2v) is 11.1. The molecule has 150 valence electrons. The van der Waals surface area contributed by atoms with Crippen molar-refractivity contribution in [3.63, 3.8) is 0 Å². The Morgan fingerprint density at radius 1 is 0.759 bits per heavy atom. The molecule has 1 heterocycles. The fourth-order valence-corrected chi connectivity index (χ4v) is 7.44. The maximum atomic E-state index is 7.20. The number of hydrogen-bond donors (Lipinski definition) is 0. The molecule has 2 fully saturated rings. The topological polar surface area (TPSA) is 9.23 Å². The van der Waals surface area contributed by atoms with Crippen LogP contribution < -0.4 is 0 Å². The molecular weight excluding hydrogens is 352 g/mol. The van der Waals surface area contributed by atoms with Gasteiger partial charge in [-0.25, -0.2) is 0 Å². The van der Waals surface area contributed by atoms with E-state index in [0.29, 0.717) is 22.9 Å². The van der Waals surface area contributed by atoms with E-state index in [1.165, 1.54) is 40.7 Å². The van der Waals surface area contributed by atoms with E-state index in [-0.39, 0.29) is 0 Å². The lowest BCUT2D eigenvalue weighted by Gasteiger charge is -2.69. The van der Waals surface area contributed by atoms with Crippen LogP contribution in [0.1, 0.15) is 58.6 Å². The Hall–Kier alpha value is -1.86. The third kappa shape index (κ3) is 2.01. The Morgan fingerprint density at radius 2 is 1.28 bits per heavy atom. The third-order valence-electron chi connectivity index (χ3n) is 9.74. The first-order valence-corrected chi connectivity index (χ1v) is 11.3. The monoisotopic (exact) mass is 384 g/mol. The SMILES string of the molecule is CC1=CC2(OC3CC4C(CC13)C(C)(C)C4(C)C)c1ccccc1-c1ccccc12. The first-order chi connectivity index (χ1) is 13.8. The standard InChI is InChI=1S/C28H32O/c1-17-16-28(21-12-8-6-10-18(21)19-11-7-9-13-22(19)28)29-25-15-24-23(14-20(17)25)26(2,3)27(24,4)5/h6-13,16,20,23-25H,14-15H2,1-5H3. The van der Waals surface area contributed by atoms with E-state index in [1.807, 2.05) is 0 Å². The van der Waals surface area contributed by atoms with E-state index in [1.54, 1.807) is 0 Å². The van der Waals surface area contributed by atoms with E-state index in [4.69, 9.17) is 4.74 Å². The zero-order valence-electron chi connectivity index (χ0n) is 18.3. The van der Waals surface area contributed by atoms with Gasteiger partial charge in [0.05, 0.1) is 6.10 Å². The quantitative estimate of drug-likeness (QED) is 0.446. The summed E-state index contributed by atoms with van der Waals surface area (Å²) < 4.78 is 7.20. The molecule has 29 heavy (non-hydrogen) atoms. The van der Waals surface area contributed by atoms with Crippen molar-refractivity contribution in [1.29, 1.82) is 0 Å². The van der Waals surface area contributed by atoms with Gasteiger partial charge in [0.1, 0.15) is 5.60 Å². The van der Waals surface area contributed by atoms with Crippen LogP contribution in [-0.2, 0) is 10.3 Å². The Labute approximate surface area is 175 Å². The van der Waals surface area contributed by atoms with Gasteiger partial charge >= 0.3 is 0 Å². The molecule has 3 aliphatic carbocycles. The fraction of sp³-hybridized carbons (Fsp3) is 0.500. The summed E-state index contributed by atoms with van der Waals surface area (Å²) in [5, 5.41) is 0. The van der Waals surface area contributed by atoms with Gasteiger partial charge in [-0.1, -0.05) is 81.8 Å². The summed E-state index contributed by atoms with van der Waals surface area (Å²) in [5.74, 6) is 2.16. The predicted molar refractivity (Wildman–Crippen MR) is 119 cm³/mol. The summed E-state index contributed by atoms with van der Waals surface area (Å²) >= 11 is 0. The van der Waals surface area contributed by atoms with Crippen LogP contribution in [0.3, 0.4) is 0 Å². The Bertz CT molecular complexity index is 994. The van der Waals surface area contributed by atoms with Crippen molar-refractivity contribution < 1.29 is 4.74 Å². The van der Waals surface area contributed by atoms with Crippen LogP contribution >= 0.6 is 0 Å². The first-order valence-electron chi connectivity index (χ1n) is 11.3.